The van der Waals surface area contributed by atoms with Gasteiger partial charge in [0.1, 0.15) is 6.33 Å². The van der Waals surface area contributed by atoms with Gasteiger partial charge in [-0.05, 0) is 0 Å². The molecule has 0 spiro atoms. The smallest absolute Gasteiger partial charge is 0.227 e. The average Bonchev–Trinajstić information content (AvgIpc) is 2.74. The van der Waals surface area contributed by atoms with Crippen molar-refractivity contribution in [2.45, 2.75) is 5.16 Å². The summed E-state index contributed by atoms with van der Waals surface area (Å²) in [6.07, 6.45) is 4.76. The molecule has 0 aliphatic rings. The van der Waals surface area contributed by atoms with E-state index in [1.165, 1.54) is 17.7 Å². The van der Waals surface area contributed by atoms with Gasteiger partial charge in [-0.25, -0.2) is 9.55 Å². The van der Waals surface area contributed by atoms with Gasteiger partial charge in [-0.3, -0.25) is 4.21 Å². The number of aromatic nitrogens is 4. The van der Waals surface area contributed by atoms with E-state index >= 15 is 0 Å². The minimum atomic E-state index is -1.14. The molecule has 0 amide bonds. The summed E-state index contributed by atoms with van der Waals surface area (Å²) in [5.41, 5.74) is 0. The molecule has 68 valence electrons. The molecular formula is C6H6N4OS2. The Morgan fingerprint density at radius 2 is 2.46 bits per heavy atom. The highest BCUT2D eigenvalue weighted by atomic mass is 32.2. The fraction of sp³-hybridized carbons (Fsp3) is 0.167. The molecule has 2 aromatic heterocycles. The van der Waals surface area contributed by atoms with Gasteiger partial charge in [0, 0.05) is 17.8 Å². The molecule has 0 aromatic carbocycles. The first kappa shape index (κ1) is 8.52. The Kier molecular flexibility index (Phi) is 2.19. The summed E-state index contributed by atoms with van der Waals surface area (Å²) in [7, 11) is -1.14. The van der Waals surface area contributed by atoms with Crippen LogP contribution in [0, 0.1) is 0 Å². The van der Waals surface area contributed by atoms with Crippen LogP contribution >= 0.6 is 11.3 Å². The minimum absolute atomic E-state index is 0.426. The fourth-order valence-corrected chi connectivity index (χ4v) is 2.13. The zero-order chi connectivity index (χ0) is 9.26. The molecule has 0 aliphatic heterocycles. The Labute approximate surface area is 80.9 Å². The summed E-state index contributed by atoms with van der Waals surface area (Å²) in [6, 6.07) is 0. The van der Waals surface area contributed by atoms with E-state index in [4.69, 9.17) is 0 Å². The van der Waals surface area contributed by atoms with Gasteiger partial charge in [0.2, 0.25) is 5.16 Å². The first-order chi connectivity index (χ1) is 6.29. The van der Waals surface area contributed by atoms with E-state index < -0.39 is 10.8 Å². The predicted octanol–water partition coefficient (Wildman–Crippen LogP) is 0.461. The summed E-state index contributed by atoms with van der Waals surface area (Å²) in [4.78, 5) is 4.07. The number of hydrogen-bond donors (Lipinski definition) is 0. The zero-order valence-corrected chi connectivity index (χ0v) is 8.38. The molecule has 1 atom stereocenters. The summed E-state index contributed by atoms with van der Waals surface area (Å²) >= 11 is 1.45. The quantitative estimate of drug-likeness (QED) is 0.728. The van der Waals surface area contributed by atoms with E-state index in [0.717, 1.165) is 5.13 Å². The van der Waals surface area contributed by atoms with Crippen LogP contribution in [-0.2, 0) is 10.8 Å². The zero-order valence-electron chi connectivity index (χ0n) is 6.75. The van der Waals surface area contributed by atoms with Crippen LogP contribution in [0.1, 0.15) is 0 Å². The molecule has 0 N–H and O–H groups in total. The molecule has 7 heteroatoms. The molecule has 0 aliphatic carbocycles. The topological polar surface area (TPSA) is 60.7 Å². The molecule has 0 radical (unpaired) electrons. The second-order valence-corrected chi connectivity index (χ2v) is 4.40. The van der Waals surface area contributed by atoms with Crippen molar-refractivity contribution < 1.29 is 4.21 Å². The highest BCUT2D eigenvalue weighted by Crippen LogP contribution is 2.13. The van der Waals surface area contributed by atoms with Crippen molar-refractivity contribution in [1.82, 2.24) is 19.7 Å². The van der Waals surface area contributed by atoms with E-state index in [-0.39, 0.29) is 0 Å². The first-order valence-corrected chi connectivity index (χ1v) is 5.86. The van der Waals surface area contributed by atoms with Gasteiger partial charge in [0.05, 0.1) is 10.8 Å². The van der Waals surface area contributed by atoms with Crippen LogP contribution in [0.25, 0.3) is 5.13 Å². The van der Waals surface area contributed by atoms with Gasteiger partial charge in [-0.15, -0.1) is 21.5 Å². The Morgan fingerprint density at radius 1 is 1.62 bits per heavy atom. The fourth-order valence-electron chi connectivity index (χ4n) is 0.887. The lowest BCUT2D eigenvalue weighted by Crippen LogP contribution is -2.00. The van der Waals surface area contributed by atoms with Crippen LogP contribution in [0.5, 0.6) is 0 Å². The Balaban J connectivity index is 2.52. The third-order valence-corrected chi connectivity index (χ3v) is 2.96. The molecule has 0 saturated carbocycles. The first-order valence-electron chi connectivity index (χ1n) is 3.42. The largest absolute Gasteiger partial charge is 0.251 e. The van der Waals surface area contributed by atoms with E-state index in [0.29, 0.717) is 5.16 Å². The highest BCUT2D eigenvalue weighted by molar-refractivity contribution is 7.84. The van der Waals surface area contributed by atoms with Crippen molar-refractivity contribution in [3.8, 4) is 5.13 Å². The molecule has 2 rings (SSSR count). The molecule has 2 heterocycles. The summed E-state index contributed by atoms with van der Waals surface area (Å²) in [5.74, 6) is 0. The Bertz CT molecular complexity index is 422. The van der Waals surface area contributed by atoms with Gasteiger partial charge in [0.15, 0.2) is 5.13 Å². The van der Waals surface area contributed by atoms with Gasteiger partial charge < -0.3 is 0 Å². The number of nitrogens with zero attached hydrogens (tertiary/aromatic N) is 4. The van der Waals surface area contributed by atoms with Crippen molar-refractivity contribution in [3.05, 3.63) is 17.9 Å². The molecule has 2 aromatic rings. The van der Waals surface area contributed by atoms with E-state index in [2.05, 4.69) is 15.2 Å². The van der Waals surface area contributed by atoms with Crippen LogP contribution in [-0.4, -0.2) is 30.2 Å². The lowest BCUT2D eigenvalue weighted by Gasteiger charge is -1.97. The van der Waals surface area contributed by atoms with Crippen LogP contribution in [0.4, 0.5) is 0 Å². The van der Waals surface area contributed by atoms with Crippen molar-refractivity contribution in [1.29, 1.82) is 0 Å². The highest BCUT2D eigenvalue weighted by Gasteiger charge is 2.10. The summed E-state index contributed by atoms with van der Waals surface area (Å²) in [5, 5.41) is 10.4. The van der Waals surface area contributed by atoms with Gasteiger partial charge in [-0.2, -0.15) is 0 Å². The SMILES string of the molecule is CS(=O)c1nncn1-c1nccs1. The van der Waals surface area contributed by atoms with Crippen molar-refractivity contribution in [2.75, 3.05) is 6.26 Å². The Hall–Kier alpha value is -1.08. The molecule has 13 heavy (non-hydrogen) atoms. The number of rotatable bonds is 2. The van der Waals surface area contributed by atoms with Crippen LogP contribution < -0.4 is 0 Å². The second kappa shape index (κ2) is 3.35. The van der Waals surface area contributed by atoms with Crippen molar-refractivity contribution >= 4 is 22.1 Å². The third kappa shape index (κ3) is 1.52. The Morgan fingerprint density at radius 3 is 3.08 bits per heavy atom. The number of hydrogen-bond acceptors (Lipinski definition) is 5. The van der Waals surface area contributed by atoms with Gasteiger partial charge in [-0.1, -0.05) is 0 Å². The molecular weight excluding hydrogens is 208 g/mol. The molecule has 5 nitrogen and oxygen atoms in total. The molecule has 0 bridgehead atoms. The van der Waals surface area contributed by atoms with E-state index in [9.17, 15) is 4.21 Å². The maximum absolute atomic E-state index is 11.2. The van der Waals surface area contributed by atoms with Crippen molar-refractivity contribution in [3.63, 3.8) is 0 Å². The second-order valence-electron chi connectivity index (χ2n) is 2.25. The van der Waals surface area contributed by atoms with Gasteiger partial charge in [0.25, 0.3) is 0 Å². The minimum Gasteiger partial charge on any atom is -0.251 e. The number of thiazole rings is 1. The van der Waals surface area contributed by atoms with Crippen LogP contribution in [0.15, 0.2) is 23.1 Å². The lowest BCUT2D eigenvalue weighted by atomic mass is 10.9. The normalized spacial score (nSPS) is 13.0. The molecule has 0 saturated heterocycles. The predicted molar refractivity (Wildman–Crippen MR) is 49.4 cm³/mol. The summed E-state index contributed by atoms with van der Waals surface area (Å²) in [6.45, 7) is 0. The standard InChI is InChI=1S/C6H6N4OS2/c1-13(11)6-9-8-4-10(6)5-7-2-3-12-5/h2-4H,1H3. The summed E-state index contributed by atoms with van der Waals surface area (Å²) < 4.78 is 12.8. The maximum atomic E-state index is 11.2. The molecule has 0 fully saturated rings. The maximum Gasteiger partial charge on any atom is 0.227 e. The molecule has 1 unspecified atom stereocenters. The van der Waals surface area contributed by atoms with Gasteiger partial charge >= 0.3 is 0 Å². The van der Waals surface area contributed by atoms with Crippen LogP contribution in [0.3, 0.4) is 0 Å². The van der Waals surface area contributed by atoms with E-state index in [1.54, 1.807) is 17.0 Å². The average molecular weight is 214 g/mol. The monoisotopic (exact) mass is 214 g/mol. The van der Waals surface area contributed by atoms with Crippen molar-refractivity contribution in [2.24, 2.45) is 0 Å². The lowest BCUT2D eigenvalue weighted by molar-refractivity contribution is 0.675. The van der Waals surface area contributed by atoms with Crippen LogP contribution in [0.2, 0.25) is 0 Å². The van der Waals surface area contributed by atoms with E-state index in [1.807, 2.05) is 5.38 Å². The third-order valence-electron chi connectivity index (χ3n) is 1.40.